The Hall–Kier alpha value is -3.30. The zero-order valence-corrected chi connectivity index (χ0v) is 24.4. The van der Waals surface area contributed by atoms with Crippen LogP contribution < -0.4 is 19.9 Å². The third kappa shape index (κ3) is 7.71. The number of benzene rings is 2. The van der Waals surface area contributed by atoms with E-state index >= 15 is 0 Å². The highest BCUT2D eigenvalue weighted by atomic mass is 16.5. The van der Waals surface area contributed by atoms with Crippen LogP contribution in [0.5, 0.6) is 17.2 Å². The molecule has 2 aliphatic heterocycles. The van der Waals surface area contributed by atoms with Crippen molar-refractivity contribution in [3.63, 3.8) is 0 Å². The molecule has 3 N–H and O–H groups in total. The van der Waals surface area contributed by atoms with Crippen LogP contribution in [-0.2, 0) is 16.0 Å². The maximum Gasteiger partial charge on any atom is 0.308 e. The monoisotopic (exact) mass is 567 g/mol. The Labute approximate surface area is 243 Å². The molecule has 0 aliphatic carbocycles. The van der Waals surface area contributed by atoms with Gasteiger partial charge in [-0.2, -0.15) is 0 Å². The van der Waals surface area contributed by atoms with E-state index in [0.29, 0.717) is 57.3 Å². The van der Waals surface area contributed by atoms with E-state index in [1.54, 1.807) is 7.11 Å². The summed E-state index contributed by atoms with van der Waals surface area (Å²) in [6, 6.07) is 13.1. The number of amides is 1. The lowest BCUT2D eigenvalue weighted by Gasteiger charge is -2.30. The lowest BCUT2D eigenvalue weighted by Crippen LogP contribution is -2.45. The number of nitrogens with two attached hydrogens (primary N) is 1. The average molecular weight is 568 g/mol. The summed E-state index contributed by atoms with van der Waals surface area (Å²) in [5, 5.41) is 10.5. The van der Waals surface area contributed by atoms with Crippen molar-refractivity contribution in [3.8, 4) is 17.2 Å². The summed E-state index contributed by atoms with van der Waals surface area (Å²) >= 11 is 0. The predicted octanol–water partition coefficient (Wildman–Crippen LogP) is 3.94. The summed E-state index contributed by atoms with van der Waals surface area (Å²) < 4.78 is 17.2. The van der Waals surface area contributed by atoms with Crippen LogP contribution in [0, 0.1) is 5.92 Å². The van der Waals surface area contributed by atoms with Crippen LogP contribution in [0.4, 0.5) is 0 Å². The number of unbranched alkanes of at least 4 members (excludes halogenated alkanes) is 2. The first-order valence-corrected chi connectivity index (χ1v) is 14.9. The number of aliphatic carboxylic acids is 1. The number of likely N-dealkylation sites (tertiary alicyclic amines) is 1. The van der Waals surface area contributed by atoms with E-state index in [4.69, 9.17) is 19.9 Å². The van der Waals surface area contributed by atoms with Crippen molar-refractivity contribution < 1.29 is 28.9 Å². The molecule has 1 fully saturated rings. The van der Waals surface area contributed by atoms with Gasteiger partial charge in [-0.05, 0) is 61.6 Å². The minimum Gasteiger partial charge on any atom is -0.493 e. The van der Waals surface area contributed by atoms with Gasteiger partial charge in [-0.3, -0.25) is 14.5 Å². The van der Waals surface area contributed by atoms with Crippen molar-refractivity contribution in [2.45, 2.75) is 57.4 Å². The molecule has 4 rings (SSSR count). The molecular formula is C32H45N3O6. The van der Waals surface area contributed by atoms with Gasteiger partial charge < -0.3 is 30.0 Å². The molecule has 0 bridgehead atoms. The van der Waals surface area contributed by atoms with Crippen LogP contribution >= 0.6 is 0 Å². The maximum absolute atomic E-state index is 13.6. The number of para-hydroxylation sites is 2. The molecule has 224 valence electrons. The van der Waals surface area contributed by atoms with Crippen LogP contribution in [0.2, 0.25) is 0 Å². The predicted molar refractivity (Wildman–Crippen MR) is 158 cm³/mol. The fourth-order valence-electron chi connectivity index (χ4n) is 6.09. The fourth-order valence-corrected chi connectivity index (χ4v) is 6.09. The lowest BCUT2D eigenvalue weighted by atomic mass is 9.83. The summed E-state index contributed by atoms with van der Waals surface area (Å²) in [6.07, 6.45) is 4.95. The molecule has 2 aliphatic rings. The van der Waals surface area contributed by atoms with E-state index < -0.39 is 11.9 Å². The minimum atomic E-state index is -0.852. The summed E-state index contributed by atoms with van der Waals surface area (Å²) in [4.78, 5) is 30.5. The normalized spacial score (nSPS) is 19.9. The van der Waals surface area contributed by atoms with E-state index in [-0.39, 0.29) is 24.4 Å². The second kappa shape index (κ2) is 15.1. The highest BCUT2D eigenvalue weighted by molar-refractivity contribution is 5.79. The number of fused-ring (bicyclic) bond motifs is 1. The number of carboxylic acid groups (broad SMARTS) is 1. The van der Waals surface area contributed by atoms with Gasteiger partial charge in [0.2, 0.25) is 5.91 Å². The van der Waals surface area contributed by atoms with Crippen molar-refractivity contribution in [1.82, 2.24) is 9.80 Å². The largest absolute Gasteiger partial charge is 0.493 e. The fraction of sp³-hybridized carbons (Fsp3) is 0.562. The quantitative estimate of drug-likeness (QED) is 0.293. The standard InChI is InChI=1S/C32H45N3O6/c1-3-4-16-34(17-8-7-15-33)30(36)22-35-21-25(23-11-12-27-24(20-23)13-18-40-27)31(32(37)38)26(35)14-19-41-29-10-6-5-9-28(29)39-2/h5-6,9-12,20,25-26,31H,3-4,7-8,13-19,21-22,33H2,1-2H3,(H,37,38)/t25-,26+,31?/m1/s1. The molecule has 2 heterocycles. The molecule has 3 atom stereocenters. The van der Waals surface area contributed by atoms with Crippen molar-refractivity contribution >= 4 is 11.9 Å². The van der Waals surface area contributed by atoms with E-state index in [9.17, 15) is 14.7 Å². The van der Waals surface area contributed by atoms with Gasteiger partial charge >= 0.3 is 5.97 Å². The molecule has 0 saturated carbocycles. The van der Waals surface area contributed by atoms with Crippen molar-refractivity contribution in [3.05, 3.63) is 53.6 Å². The van der Waals surface area contributed by atoms with Gasteiger partial charge in [0.05, 0.1) is 32.8 Å². The summed E-state index contributed by atoms with van der Waals surface area (Å²) in [5.41, 5.74) is 7.80. The molecule has 1 amide bonds. The van der Waals surface area contributed by atoms with Crippen molar-refractivity contribution in [2.24, 2.45) is 11.7 Å². The molecule has 0 spiro atoms. The van der Waals surface area contributed by atoms with Crippen LogP contribution in [0.25, 0.3) is 0 Å². The zero-order valence-electron chi connectivity index (χ0n) is 24.4. The van der Waals surface area contributed by atoms with E-state index in [1.165, 1.54) is 0 Å². The first kappa shape index (κ1) is 30.7. The van der Waals surface area contributed by atoms with Crippen LogP contribution in [-0.4, -0.2) is 85.9 Å². The Morgan fingerprint density at radius 2 is 1.90 bits per heavy atom. The molecule has 9 heteroatoms. The molecule has 9 nitrogen and oxygen atoms in total. The summed E-state index contributed by atoms with van der Waals surface area (Å²) in [6.45, 7) is 5.71. The Morgan fingerprint density at radius 1 is 1.12 bits per heavy atom. The minimum absolute atomic E-state index is 0.0401. The number of hydrogen-bond acceptors (Lipinski definition) is 7. The smallest absolute Gasteiger partial charge is 0.308 e. The highest BCUT2D eigenvalue weighted by Gasteiger charge is 2.47. The van der Waals surface area contributed by atoms with Crippen molar-refractivity contribution in [1.29, 1.82) is 0 Å². The van der Waals surface area contributed by atoms with Gasteiger partial charge in [0.15, 0.2) is 11.5 Å². The zero-order chi connectivity index (χ0) is 29.2. The molecule has 2 aromatic carbocycles. The van der Waals surface area contributed by atoms with Gasteiger partial charge in [-0.15, -0.1) is 0 Å². The van der Waals surface area contributed by atoms with Gasteiger partial charge in [0.25, 0.3) is 0 Å². The number of ether oxygens (including phenoxy) is 3. The first-order valence-electron chi connectivity index (χ1n) is 14.9. The number of hydrogen-bond donors (Lipinski definition) is 2. The molecule has 0 radical (unpaired) electrons. The van der Waals surface area contributed by atoms with Crippen LogP contribution in [0.3, 0.4) is 0 Å². The molecule has 1 unspecified atom stereocenters. The Balaban J connectivity index is 1.56. The number of nitrogens with zero attached hydrogens (tertiary/aromatic N) is 2. The molecule has 2 aromatic rings. The van der Waals surface area contributed by atoms with Gasteiger partial charge in [0, 0.05) is 38.0 Å². The number of carbonyl (C=O) groups excluding carboxylic acids is 1. The Morgan fingerprint density at radius 3 is 2.63 bits per heavy atom. The number of carboxylic acids is 1. The van der Waals surface area contributed by atoms with E-state index in [0.717, 1.165) is 49.0 Å². The van der Waals surface area contributed by atoms with Crippen molar-refractivity contribution in [2.75, 3.05) is 53.0 Å². The molecule has 41 heavy (non-hydrogen) atoms. The number of carbonyl (C=O) groups is 2. The van der Waals surface area contributed by atoms with Gasteiger partial charge in [-0.1, -0.05) is 37.6 Å². The lowest BCUT2D eigenvalue weighted by molar-refractivity contribution is -0.144. The van der Waals surface area contributed by atoms with E-state index in [1.807, 2.05) is 41.3 Å². The Bertz CT molecular complexity index is 1160. The first-order chi connectivity index (χ1) is 20.0. The molecule has 0 aromatic heterocycles. The van der Waals surface area contributed by atoms with Crippen LogP contribution in [0.15, 0.2) is 42.5 Å². The second-order valence-electron chi connectivity index (χ2n) is 11.0. The van der Waals surface area contributed by atoms with Gasteiger partial charge in [-0.25, -0.2) is 0 Å². The van der Waals surface area contributed by atoms with Gasteiger partial charge in [0.1, 0.15) is 5.75 Å². The number of rotatable bonds is 16. The number of methoxy groups -OCH3 is 1. The van der Waals surface area contributed by atoms with E-state index in [2.05, 4.69) is 17.9 Å². The SMILES string of the molecule is CCCCN(CCCCN)C(=O)CN1C[C@H](c2ccc3c(c2)CCO3)C(C(=O)O)[C@@H]1CCOc1ccccc1OC. The average Bonchev–Trinajstić information content (AvgIpc) is 3.59. The summed E-state index contributed by atoms with van der Waals surface area (Å²) in [7, 11) is 1.59. The molecular weight excluding hydrogens is 522 g/mol. The second-order valence-corrected chi connectivity index (χ2v) is 11.0. The third-order valence-electron chi connectivity index (χ3n) is 8.27. The maximum atomic E-state index is 13.6. The topological polar surface area (TPSA) is 115 Å². The van der Waals surface area contributed by atoms with Crippen LogP contribution in [0.1, 0.15) is 56.1 Å². The summed E-state index contributed by atoms with van der Waals surface area (Å²) in [5.74, 6) is 0.380. The third-order valence-corrected chi connectivity index (χ3v) is 8.27. The molecule has 1 saturated heterocycles. The Kier molecular flexibility index (Phi) is 11.3. The highest BCUT2D eigenvalue weighted by Crippen LogP contribution is 2.41.